The molecular formula is C9H10N4S. The van der Waals surface area contributed by atoms with Crippen molar-refractivity contribution in [1.29, 1.82) is 0 Å². The normalized spacial score (nSPS) is 16.7. The zero-order chi connectivity index (χ0) is 9.80. The van der Waals surface area contributed by atoms with Crippen LogP contribution in [-0.2, 0) is 0 Å². The molecule has 0 aromatic carbocycles. The molecule has 0 saturated carbocycles. The Hall–Kier alpha value is -1.49. The van der Waals surface area contributed by atoms with Crippen LogP contribution >= 0.6 is 11.9 Å². The summed E-state index contributed by atoms with van der Waals surface area (Å²) in [5.41, 5.74) is 1.03. The summed E-state index contributed by atoms with van der Waals surface area (Å²) in [5, 5.41) is 3.16. The van der Waals surface area contributed by atoms with Gasteiger partial charge < -0.3 is 5.32 Å². The van der Waals surface area contributed by atoms with Gasteiger partial charge in [-0.2, -0.15) is 0 Å². The van der Waals surface area contributed by atoms with E-state index in [-0.39, 0.29) is 0 Å². The van der Waals surface area contributed by atoms with Gasteiger partial charge in [0.1, 0.15) is 0 Å². The van der Waals surface area contributed by atoms with E-state index in [9.17, 15) is 0 Å². The second-order valence-electron chi connectivity index (χ2n) is 2.68. The summed E-state index contributed by atoms with van der Waals surface area (Å²) in [6.45, 7) is 4.22. The van der Waals surface area contributed by atoms with E-state index >= 15 is 0 Å². The highest BCUT2D eigenvalue weighted by molar-refractivity contribution is 7.98. The van der Waals surface area contributed by atoms with Gasteiger partial charge in [-0.25, -0.2) is 4.99 Å². The maximum atomic E-state index is 4.24. The smallest absolute Gasteiger partial charge is 0.206 e. The van der Waals surface area contributed by atoms with Gasteiger partial charge in [0.15, 0.2) is 0 Å². The predicted octanol–water partition coefficient (Wildman–Crippen LogP) is 1.65. The topological polar surface area (TPSA) is 49.3 Å². The van der Waals surface area contributed by atoms with Gasteiger partial charge >= 0.3 is 0 Å². The van der Waals surface area contributed by atoms with Crippen molar-refractivity contribution in [2.24, 2.45) is 4.99 Å². The summed E-state index contributed by atoms with van der Waals surface area (Å²) in [5.74, 6) is 0.758. The molecule has 1 aliphatic heterocycles. The number of hydrogen-bond acceptors (Lipinski definition) is 3. The predicted molar refractivity (Wildman–Crippen MR) is 59.4 cm³/mol. The maximum Gasteiger partial charge on any atom is 0.206 e. The van der Waals surface area contributed by atoms with Crippen LogP contribution in [0.5, 0.6) is 0 Å². The summed E-state index contributed by atoms with van der Waals surface area (Å²) in [6.07, 6.45) is 5.32. The molecule has 0 unspecified atom stereocenters. The highest BCUT2D eigenvalue weighted by Gasteiger charge is 2.12. The van der Waals surface area contributed by atoms with Crippen molar-refractivity contribution >= 4 is 23.6 Å². The minimum Gasteiger partial charge on any atom is -0.324 e. The number of aromatic nitrogens is 1. The van der Waals surface area contributed by atoms with Crippen molar-refractivity contribution < 1.29 is 0 Å². The van der Waals surface area contributed by atoms with Gasteiger partial charge in [0.05, 0.1) is 17.1 Å². The van der Waals surface area contributed by atoms with E-state index in [2.05, 4.69) is 26.6 Å². The van der Waals surface area contributed by atoms with E-state index in [1.165, 1.54) is 11.9 Å². The van der Waals surface area contributed by atoms with Gasteiger partial charge in [-0.05, 0) is 18.0 Å². The molecule has 2 heterocycles. The Labute approximate surface area is 86.7 Å². The molecule has 0 atom stereocenters. The largest absolute Gasteiger partial charge is 0.324 e. The van der Waals surface area contributed by atoms with Gasteiger partial charge in [0, 0.05) is 12.4 Å². The minimum absolute atomic E-state index is 0.607. The van der Waals surface area contributed by atoms with Crippen LogP contribution in [-0.4, -0.2) is 17.5 Å². The number of nitrogens with zero attached hydrogens (tertiary/aromatic N) is 2. The molecule has 0 fully saturated rings. The molecule has 0 aliphatic carbocycles. The molecule has 0 spiro atoms. The molecule has 0 amide bonds. The van der Waals surface area contributed by atoms with Crippen LogP contribution in [0.2, 0.25) is 0 Å². The molecule has 2 rings (SSSR count). The van der Waals surface area contributed by atoms with Crippen LogP contribution in [0.3, 0.4) is 0 Å². The van der Waals surface area contributed by atoms with E-state index < -0.39 is 0 Å². The first kappa shape index (κ1) is 9.08. The zero-order valence-corrected chi connectivity index (χ0v) is 8.34. The number of aliphatic imine (C=N–C) groups is 1. The molecular weight excluding hydrogens is 196 g/mol. The first-order chi connectivity index (χ1) is 6.90. The highest BCUT2D eigenvalue weighted by atomic mass is 32.2. The Kier molecular flexibility index (Phi) is 2.69. The second kappa shape index (κ2) is 4.15. The summed E-state index contributed by atoms with van der Waals surface area (Å²) in [6, 6.07) is 1.92. The monoisotopic (exact) mass is 206 g/mol. The van der Waals surface area contributed by atoms with Crippen LogP contribution < -0.4 is 10.0 Å². The second-order valence-corrected chi connectivity index (χ2v) is 3.53. The summed E-state index contributed by atoms with van der Waals surface area (Å²) in [7, 11) is 0. The number of anilines is 1. The summed E-state index contributed by atoms with van der Waals surface area (Å²) >= 11 is 1.51. The van der Waals surface area contributed by atoms with Crippen LogP contribution in [0, 0.1) is 0 Å². The molecule has 1 aliphatic rings. The standard InChI is InChI=1S/C9H10N4S/c1-2-4-11-9-12-7-3-5-10-6-8(7)14-13-9/h2-3,5-6H,1,4H2,(H2,11,12,13). The van der Waals surface area contributed by atoms with E-state index in [1.807, 2.05) is 12.3 Å². The fraction of sp³-hybridized carbons (Fsp3) is 0.111. The van der Waals surface area contributed by atoms with Gasteiger partial charge in [0.25, 0.3) is 0 Å². The molecule has 1 aromatic rings. The van der Waals surface area contributed by atoms with Crippen molar-refractivity contribution in [3.63, 3.8) is 0 Å². The van der Waals surface area contributed by atoms with Gasteiger partial charge in [-0.1, -0.05) is 6.08 Å². The zero-order valence-electron chi connectivity index (χ0n) is 7.53. The molecule has 2 N–H and O–H groups in total. The third kappa shape index (κ3) is 1.88. The average molecular weight is 206 g/mol. The third-order valence-electron chi connectivity index (χ3n) is 1.67. The van der Waals surface area contributed by atoms with Crippen LogP contribution in [0.25, 0.3) is 0 Å². The van der Waals surface area contributed by atoms with Crippen molar-refractivity contribution in [1.82, 2.24) is 9.71 Å². The van der Waals surface area contributed by atoms with Gasteiger partial charge in [-0.3, -0.25) is 9.71 Å². The summed E-state index contributed by atoms with van der Waals surface area (Å²) < 4.78 is 3.08. The number of guanidine groups is 1. The molecule has 14 heavy (non-hydrogen) atoms. The lowest BCUT2D eigenvalue weighted by atomic mass is 10.4. The molecule has 4 nitrogen and oxygen atoms in total. The Balaban J connectivity index is 2.17. The van der Waals surface area contributed by atoms with Crippen molar-refractivity contribution in [3.8, 4) is 0 Å². The third-order valence-corrected chi connectivity index (χ3v) is 2.51. The SMILES string of the molecule is C=CCN=C1NSc2cnccc2N1. The lowest BCUT2D eigenvalue weighted by Crippen LogP contribution is -2.29. The van der Waals surface area contributed by atoms with E-state index in [0.717, 1.165) is 16.5 Å². The molecule has 1 aromatic heterocycles. The van der Waals surface area contributed by atoms with Crippen LogP contribution in [0.4, 0.5) is 5.69 Å². The quantitative estimate of drug-likeness (QED) is 0.570. The van der Waals surface area contributed by atoms with Crippen molar-refractivity contribution in [2.45, 2.75) is 4.90 Å². The molecule has 72 valence electrons. The van der Waals surface area contributed by atoms with Crippen molar-refractivity contribution in [3.05, 3.63) is 31.1 Å². The van der Waals surface area contributed by atoms with Crippen molar-refractivity contribution in [2.75, 3.05) is 11.9 Å². The Bertz CT molecular complexity index is 375. The first-order valence-electron chi connectivity index (χ1n) is 4.19. The Morgan fingerprint density at radius 3 is 3.43 bits per heavy atom. The Morgan fingerprint density at radius 2 is 2.57 bits per heavy atom. The number of hydrogen-bond donors (Lipinski definition) is 2. The molecule has 0 radical (unpaired) electrons. The summed E-state index contributed by atoms with van der Waals surface area (Å²) in [4.78, 5) is 9.34. The number of fused-ring (bicyclic) bond motifs is 1. The molecule has 5 heteroatoms. The van der Waals surface area contributed by atoms with Gasteiger partial charge in [0.2, 0.25) is 5.96 Å². The average Bonchev–Trinajstić information content (AvgIpc) is 2.26. The van der Waals surface area contributed by atoms with E-state index in [0.29, 0.717) is 6.54 Å². The number of rotatable bonds is 2. The molecule has 0 saturated heterocycles. The lowest BCUT2D eigenvalue weighted by Gasteiger charge is -2.19. The minimum atomic E-state index is 0.607. The maximum absolute atomic E-state index is 4.24. The Morgan fingerprint density at radius 1 is 1.64 bits per heavy atom. The van der Waals surface area contributed by atoms with E-state index in [4.69, 9.17) is 0 Å². The van der Waals surface area contributed by atoms with E-state index in [1.54, 1.807) is 12.3 Å². The molecule has 0 bridgehead atoms. The number of pyridine rings is 1. The highest BCUT2D eigenvalue weighted by Crippen LogP contribution is 2.26. The first-order valence-corrected chi connectivity index (χ1v) is 5.01. The lowest BCUT2D eigenvalue weighted by molar-refractivity contribution is 1.17. The fourth-order valence-electron chi connectivity index (χ4n) is 1.05. The van der Waals surface area contributed by atoms with Crippen LogP contribution in [0.15, 0.2) is 41.0 Å². The van der Waals surface area contributed by atoms with Gasteiger partial charge in [-0.15, -0.1) is 6.58 Å². The van der Waals surface area contributed by atoms with Crippen LogP contribution in [0.1, 0.15) is 0 Å². The number of nitrogens with one attached hydrogen (secondary N) is 2. The fourth-order valence-corrected chi connectivity index (χ4v) is 1.71.